The number of hydrogen-bond acceptors (Lipinski definition) is 7. The van der Waals surface area contributed by atoms with Crippen molar-refractivity contribution in [2.24, 2.45) is 11.8 Å². The fourth-order valence-electron chi connectivity index (χ4n) is 3.50. The first-order valence-corrected chi connectivity index (χ1v) is 7.81. The van der Waals surface area contributed by atoms with Crippen LogP contribution < -0.4 is 4.74 Å². The van der Waals surface area contributed by atoms with Gasteiger partial charge in [-0.15, -0.1) is 0 Å². The Hall–Kier alpha value is -2.41. The summed E-state index contributed by atoms with van der Waals surface area (Å²) in [5, 5.41) is 10.7. The molecule has 136 valence electrons. The standard InChI is InChI=1S/C18H22O7/c1-18(22)9-12(19)14(16(20)24-3)13(15(18)17(21)25-4)10-5-7-11(23-2)8-6-10/h5-8,13-15,22H,9H2,1-4H3/t13-,14+,15+,18-/m1/s1. The molecule has 1 aromatic rings. The van der Waals surface area contributed by atoms with Crippen LogP contribution in [0, 0.1) is 11.8 Å². The van der Waals surface area contributed by atoms with Gasteiger partial charge in [0.2, 0.25) is 0 Å². The van der Waals surface area contributed by atoms with E-state index in [4.69, 9.17) is 14.2 Å². The molecule has 1 aromatic carbocycles. The molecule has 0 aromatic heterocycles. The normalized spacial score (nSPS) is 29.0. The van der Waals surface area contributed by atoms with E-state index in [1.807, 2.05) is 0 Å². The summed E-state index contributed by atoms with van der Waals surface area (Å²) in [6.45, 7) is 1.40. The summed E-state index contributed by atoms with van der Waals surface area (Å²) in [7, 11) is 3.89. The zero-order valence-corrected chi connectivity index (χ0v) is 14.6. The Morgan fingerprint density at radius 3 is 2.12 bits per heavy atom. The lowest BCUT2D eigenvalue weighted by Crippen LogP contribution is -2.55. The van der Waals surface area contributed by atoms with E-state index in [2.05, 4.69) is 0 Å². The summed E-state index contributed by atoms with van der Waals surface area (Å²) in [6.07, 6.45) is -0.334. The fourth-order valence-corrected chi connectivity index (χ4v) is 3.50. The highest BCUT2D eigenvalue weighted by Crippen LogP contribution is 2.46. The third kappa shape index (κ3) is 3.51. The van der Waals surface area contributed by atoms with Gasteiger partial charge in [0.15, 0.2) is 5.78 Å². The molecule has 1 saturated carbocycles. The van der Waals surface area contributed by atoms with Crippen LogP contribution in [0.1, 0.15) is 24.8 Å². The van der Waals surface area contributed by atoms with Gasteiger partial charge in [-0.1, -0.05) is 12.1 Å². The number of ether oxygens (including phenoxy) is 3. The Morgan fingerprint density at radius 1 is 1.08 bits per heavy atom. The maximum absolute atomic E-state index is 12.5. The minimum absolute atomic E-state index is 0.334. The van der Waals surface area contributed by atoms with Crippen molar-refractivity contribution >= 4 is 17.7 Å². The molecule has 0 spiro atoms. The van der Waals surface area contributed by atoms with Crippen molar-refractivity contribution in [3.05, 3.63) is 29.8 Å². The van der Waals surface area contributed by atoms with E-state index in [1.54, 1.807) is 24.3 Å². The van der Waals surface area contributed by atoms with Crippen molar-refractivity contribution in [2.75, 3.05) is 21.3 Å². The number of carbonyl (C=O) groups is 3. The number of esters is 2. The highest BCUT2D eigenvalue weighted by atomic mass is 16.5. The SMILES string of the molecule is COC(=O)[C@H]1C(=O)C[C@@](C)(O)[C@H](C(=O)OC)[C@@H]1c1ccc(OC)cc1. The third-order valence-corrected chi connectivity index (χ3v) is 4.68. The third-order valence-electron chi connectivity index (χ3n) is 4.68. The van der Waals surface area contributed by atoms with Crippen LogP contribution in [0.5, 0.6) is 5.75 Å². The number of rotatable bonds is 4. The van der Waals surface area contributed by atoms with Crippen LogP contribution in [-0.4, -0.2) is 49.8 Å². The maximum atomic E-state index is 12.5. The summed E-state index contributed by atoms with van der Waals surface area (Å²) in [4.78, 5) is 37.2. The maximum Gasteiger partial charge on any atom is 0.316 e. The summed E-state index contributed by atoms with van der Waals surface area (Å²) in [6, 6.07) is 6.63. The molecule has 7 nitrogen and oxygen atoms in total. The molecule has 25 heavy (non-hydrogen) atoms. The van der Waals surface area contributed by atoms with Gasteiger partial charge in [-0.25, -0.2) is 0 Å². The lowest BCUT2D eigenvalue weighted by atomic mass is 9.62. The lowest BCUT2D eigenvalue weighted by Gasteiger charge is -2.43. The molecule has 1 N–H and O–H groups in total. The summed E-state index contributed by atoms with van der Waals surface area (Å²) in [5.41, 5.74) is -1.10. The topological polar surface area (TPSA) is 99.1 Å². The van der Waals surface area contributed by atoms with Gasteiger partial charge in [-0.3, -0.25) is 14.4 Å². The molecule has 7 heteroatoms. The minimum atomic E-state index is -1.64. The van der Waals surface area contributed by atoms with Gasteiger partial charge in [0.1, 0.15) is 11.7 Å². The first kappa shape index (κ1) is 18.9. The highest BCUT2D eigenvalue weighted by molar-refractivity contribution is 6.02. The average molecular weight is 350 g/mol. The average Bonchev–Trinajstić information content (AvgIpc) is 2.59. The lowest BCUT2D eigenvalue weighted by molar-refractivity contribution is -0.170. The molecular weight excluding hydrogens is 328 g/mol. The number of aliphatic hydroxyl groups is 1. The van der Waals surface area contributed by atoms with Gasteiger partial charge >= 0.3 is 11.9 Å². The molecule has 4 atom stereocenters. The van der Waals surface area contributed by atoms with Gasteiger partial charge in [0.05, 0.1) is 32.8 Å². The molecule has 1 aliphatic rings. The Balaban J connectivity index is 2.61. The number of ketones is 1. The zero-order valence-electron chi connectivity index (χ0n) is 14.6. The number of benzene rings is 1. The molecule has 2 rings (SSSR count). The molecule has 0 aliphatic heterocycles. The van der Waals surface area contributed by atoms with Crippen molar-refractivity contribution in [3.63, 3.8) is 0 Å². The number of carbonyl (C=O) groups excluding carboxylic acids is 3. The van der Waals surface area contributed by atoms with Crippen molar-refractivity contribution in [1.29, 1.82) is 0 Å². The van der Waals surface area contributed by atoms with E-state index in [-0.39, 0.29) is 6.42 Å². The largest absolute Gasteiger partial charge is 0.497 e. The molecule has 1 fully saturated rings. The first-order valence-electron chi connectivity index (χ1n) is 7.81. The molecule has 0 amide bonds. The number of Topliss-reactive ketones (excluding diaryl/α,β-unsaturated/α-hetero) is 1. The quantitative estimate of drug-likeness (QED) is 0.641. The smallest absolute Gasteiger partial charge is 0.316 e. The van der Waals surface area contributed by atoms with Crippen LogP contribution in [0.25, 0.3) is 0 Å². The van der Waals surface area contributed by atoms with Gasteiger partial charge in [-0.05, 0) is 24.6 Å². The molecule has 0 unspecified atom stereocenters. The van der Waals surface area contributed by atoms with Crippen molar-refractivity contribution in [3.8, 4) is 5.75 Å². The van der Waals surface area contributed by atoms with Crippen LogP contribution in [0.4, 0.5) is 0 Å². The van der Waals surface area contributed by atoms with Gasteiger partial charge in [0, 0.05) is 12.3 Å². The second-order valence-electron chi connectivity index (χ2n) is 6.30. The number of methoxy groups -OCH3 is 3. The summed E-state index contributed by atoms with van der Waals surface area (Å²) < 4.78 is 14.7. The van der Waals surface area contributed by atoms with E-state index in [9.17, 15) is 19.5 Å². The van der Waals surface area contributed by atoms with Crippen molar-refractivity contribution in [1.82, 2.24) is 0 Å². The monoisotopic (exact) mass is 350 g/mol. The van der Waals surface area contributed by atoms with E-state index in [1.165, 1.54) is 28.3 Å². The molecule has 0 saturated heterocycles. The van der Waals surface area contributed by atoms with Crippen LogP contribution in [0.3, 0.4) is 0 Å². The van der Waals surface area contributed by atoms with Crippen LogP contribution >= 0.6 is 0 Å². The molecule has 0 radical (unpaired) electrons. The second-order valence-corrected chi connectivity index (χ2v) is 6.30. The van der Waals surface area contributed by atoms with Crippen LogP contribution in [-0.2, 0) is 23.9 Å². The van der Waals surface area contributed by atoms with Crippen LogP contribution in [0.2, 0.25) is 0 Å². The second kappa shape index (κ2) is 7.23. The van der Waals surface area contributed by atoms with Gasteiger partial charge in [0.25, 0.3) is 0 Å². The molecule has 1 aliphatic carbocycles. The van der Waals surface area contributed by atoms with Gasteiger partial charge < -0.3 is 19.3 Å². The minimum Gasteiger partial charge on any atom is -0.497 e. The Kier molecular flexibility index (Phi) is 5.47. The van der Waals surface area contributed by atoms with E-state index in [0.29, 0.717) is 11.3 Å². The highest BCUT2D eigenvalue weighted by Gasteiger charge is 2.56. The predicted octanol–water partition coefficient (Wildman–Crippen LogP) is 1.08. The van der Waals surface area contributed by atoms with E-state index in [0.717, 1.165) is 0 Å². The van der Waals surface area contributed by atoms with Crippen molar-refractivity contribution < 1.29 is 33.7 Å². The summed E-state index contributed by atoms with van der Waals surface area (Å²) >= 11 is 0. The van der Waals surface area contributed by atoms with Crippen LogP contribution in [0.15, 0.2) is 24.3 Å². The Morgan fingerprint density at radius 2 is 1.64 bits per heavy atom. The predicted molar refractivity (Wildman–Crippen MR) is 87.0 cm³/mol. The fraction of sp³-hybridized carbons (Fsp3) is 0.500. The Bertz CT molecular complexity index is 663. The molecular formula is C18H22O7. The van der Waals surface area contributed by atoms with E-state index >= 15 is 0 Å². The zero-order chi connectivity index (χ0) is 18.8. The van der Waals surface area contributed by atoms with Gasteiger partial charge in [-0.2, -0.15) is 0 Å². The van der Waals surface area contributed by atoms with E-state index < -0.39 is 41.1 Å². The molecule has 0 heterocycles. The first-order chi connectivity index (χ1) is 11.8. The molecule has 0 bridgehead atoms. The van der Waals surface area contributed by atoms with Crippen molar-refractivity contribution in [2.45, 2.75) is 24.9 Å². The summed E-state index contributed by atoms with van der Waals surface area (Å²) in [5.74, 6) is -4.50. The Labute approximate surface area is 145 Å². The number of hydrogen-bond donors (Lipinski definition) is 1.